The van der Waals surface area contributed by atoms with E-state index in [-0.39, 0.29) is 12.0 Å². The fourth-order valence-electron chi connectivity index (χ4n) is 3.56. The lowest BCUT2D eigenvalue weighted by Gasteiger charge is -2.33. The molecule has 0 bridgehead atoms. The van der Waals surface area contributed by atoms with Crippen LogP contribution in [0.2, 0.25) is 0 Å². The Hall–Kier alpha value is -3.33. The van der Waals surface area contributed by atoms with Gasteiger partial charge in [-0.3, -0.25) is 9.78 Å². The lowest BCUT2D eigenvalue weighted by atomic mass is 10.1. The summed E-state index contributed by atoms with van der Waals surface area (Å²) in [6.45, 7) is 4.65. The summed E-state index contributed by atoms with van der Waals surface area (Å²) in [4.78, 5) is 19.2. The van der Waals surface area contributed by atoms with Crippen molar-refractivity contribution in [1.29, 1.82) is 0 Å². The first-order chi connectivity index (χ1) is 15.2. The largest absolute Gasteiger partial charge is 0.494 e. The van der Waals surface area contributed by atoms with Crippen LogP contribution in [0, 0.1) is 0 Å². The van der Waals surface area contributed by atoms with Crippen LogP contribution in [0.4, 0.5) is 0 Å². The van der Waals surface area contributed by atoms with Crippen LogP contribution in [0.3, 0.4) is 0 Å². The van der Waals surface area contributed by atoms with Gasteiger partial charge in [0, 0.05) is 25.1 Å². The van der Waals surface area contributed by atoms with E-state index in [1.807, 2.05) is 42.2 Å². The Morgan fingerprint density at radius 1 is 1.23 bits per heavy atom. The van der Waals surface area contributed by atoms with E-state index in [0.717, 1.165) is 29.1 Å². The van der Waals surface area contributed by atoms with Gasteiger partial charge in [-0.15, -0.1) is 5.10 Å². The van der Waals surface area contributed by atoms with E-state index in [9.17, 15) is 4.79 Å². The second-order valence-corrected chi connectivity index (χ2v) is 7.33. The number of morpholine rings is 1. The predicted molar refractivity (Wildman–Crippen MR) is 112 cm³/mol. The number of tetrazole rings is 1. The minimum atomic E-state index is -0.231. The summed E-state index contributed by atoms with van der Waals surface area (Å²) in [5, 5.41) is 11.0. The number of carbonyl (C=O) groups excluding carboxylic acids is 1. The van der Waals surface area contributed by atoms with Gasteiger partial charge in [-0.05, 0) is 47.2 Å². The number of aromatic nitrogens is 5. The summed E-state index contributed by atoms with van der Waals surface area (Å²) in [6.07, 6.45) is 2.35. The molecular weight excluding hydrogens is 396 g/mol. The molecule has 1 aromatic carbocycles. The number of aryl methyl sites for hydroxylation is 1. The van der Waals surface area contributed by atoms with Gasteiger partial charge in [-0.1, -0.05) is 18.2 Å². The highest BCUT2D eigenvalue weighted by Crippen LogP contribution is 2.22. The first-order valence-corrected chi connectivity index (χ1v) is 10.5. The zero-order valence-electron chi connectivity index (χ0n) is 17.6. The predicted octanol–water partition coefficient (Wildman–Crippen LogP) is 2.05. The Kier molecular flexibility index (Phi) is 6.83. The molecule has 4 rings (SSSR count). The topological polar surface area (TPSA) is 95.3 Å². The third kappa shape index (κ3) is 5.64. The average molecular weight is 422 g/mol. The van der Waals surface area contributed by atoms with E-state index >= 15 is 0 Å². The molecular formula is C22H26N6O3. The molecule has 1 aliphatic heterocycles. The molecule has 0 spiro atoms. The molecule has 1 saturated heterocycles. The van der Waals surface area contributed by atoms with Crippen molar-refractivity contribution in [3.63, 3.8) is 0 Å². The van der Waals surface area contributed by atoms with Crippen molar-refractivity contribution in [3.05, 3.63) is 65.7 Å². The van der Waals surface area contributed by atoms with E-state index in [4.69, 9.17) is 14.5 Å². The fraction of sp³-hybridized carbons (Fsp3) is 0.409. The van der Waals surface area contributed by atoms with Crippen molar-refractivity contribution in [2.45, 2.75) is 32.4 Å². The third-order valence-electron chi connectivity index (χ3n) is 5.14. The number of rotatable bonds is 8. The van der Waals surface area contributed by atoms with Gasteiger partial charge < -0.3 is 14.4 Å². The van der Waals surface area contributed by atoms with Crippen LogP contribution in [-0.2, 0) is 22.5 Å². The Morgan fingerprint density at radius 2 is 2.10 bits per heavy atom. The summed E-state index contributed by atoms with van der Waals surface area (Å²) in [7, 11) is 0. The number of nitrogens with zero attached hydrogens (tertiary/aromatic N) is 6. The lowest BCUT2D eigenvalue weighted by molar-refractivity contribution is -0.139. The Balaban J connectivity index is 1.36. The van der Waals surface area contributed by atoms with E-state index in [1.165, 1.54) is 6.33 Å². The second kappa shape index (κ2) is 10.1. The first kappa shape index (κ1) is 20.9. The van der Waals surface area contributed by atoms with Gasteiger partial charge in [0.2, 0.25) is 5.91 Å². The monoisotopic (exact) mass is 422 g/mol. The average Bonchev–Trinajstić information content (AvgIpc) is 3.33. The van der Waals surface area contributed by atoms with E-state index in [0.29, 0.717) is 39.3 Å². The number of amides is 1. The summed E-state index contributed by atoms with van der Waals surface area (Å²) in [5.74, 6) is 0.933. The van der Waals surface area contributed by atoms with Crippen LogP contribution in [0.1, 0.15) is 36.4 Å². The number of hydrogen-bond acceptors (Lipinski definition) is 7. The molecule has 3 aromatic rings. The van der Waals surface area contributed by atoms with Crippen LogP contribution in [0.15, 0.2) is 48.8 Å². The quantitative estimate of drug-likeness (QED) is 0.548. The molecule has 9 heteroatoms. The number of pyridine rings is 1. The molecule has 9 nitrogen and oxygen atoms in total. The smallest absolute Gasteiger partial charge is 0.224 e. The second-order valence-electron chi connectivity index (χ2n) is 7.33. The number of hydrogen-bond donors (Lipinski definition) is 0. The standard InChI is InChI=1S/C22H26N6O3/c1-2-30-19-8-6-17(7-9-19)14-18-4-3-5-20(24-18)21-15-27(12-13-31-21)22(29)10-11-28-16-23-25-26-28/h3-9,16,21H,2,10-15H2,1H3/t21-/m0/s1. The summed E-state index contributed by atoms with van der Waals surface area (Å²) >= 11 is 0. The molecule has 1 aliphatic rings. The molecule has 0 N–H and O–H groups in total. The fourth-order valence-corrected chi connectivity index (χ4v) is 3.56. The summed E-state index contributed by atoms with van der Waals surface area (Å²) in [6, 6.07) is 14.0. The first-order valence-electron chi connectivity index (χ1n) is 10.5. The van der Waals surface area contributed by atoms with Crippen LogP contribution in [0.25, 0.3) is 0 Å². The van der Waals surface area contributed by atoms with Gasteiger partial charge in [0.1, 0.15) is 18.2 Å². The highest BCUT2D eigenvalue weighted by Gasteiger charge is 2.26. The van der Waals surface area contributed by atoms with Gasteiger partial charge in [-0.2, -0.15) is 0 Å². The van der Waals surface area contributed by atoms with Crippen molar-refractivity contribution in [1.82, 2.24) is 30.1 Å². The van der Waals surface area contributed by atoms with E-state index in [2.05, 4.69) is 27.7 Å². The highest BCUT2D eigenvalue weighted by molar-refractivity contribution is 5.76. The van der Waals surface area contributed by atoms with Gasteiger partial charge in [0.25, 0.3) is 0 Å². The molecule has 31 heavy (non-hydrogen) atoms. The number of carbonyl (C=O) groups is 1. The van der Waals surface area contributed by atoms with Crippen LogP contribution in [-0.4, -0.2) is 62.3 Å². The molecule has 0 aliphatic carbocycles. The normalized spacial score (nSPS) is 16.3. The molecule has 2 aromatic heterocycles. The molecule has 1 amide bonds. The van der Waals surface area contributed by atoms with Crippen LogP contribution in [0.5, 0.6) is 5.75 Å². The van der Waals surface area contributed by atoms with E-state index < -0.39 is 0 Å². The van der Waals surface area contributed by atoms with Crippen molar-refractivity contribution in [2.24, 2.45) is 0 Å². The van der Waals surface area contributed by atoms with Crippen LogP contribution < -0.4 is 4.74 Å². The van der Waals surface area contributed by atoms with E-state index in [1.54, 1.807) is 4.68 Å². The minimum absolute atomic E-state index is 0.0642. The maximum Gasteiger partial charge on any atom is 0.224 e. The maximum atomic E-state index is 12.6. The molecule has 162 valence electrons. The Morgan fingerprint density at radius 3 is 2.87 bits per heavy atom. The SMILES string of the molecule is CCOc1ccc(Cc2cccc([C@@H]3CN(C(=O)CCn4cnnn4)CCO3)n2)cc1. The van der Waals surface area contributed by atoms with Gasteiger partial charge in [0.05, 0.1) is 32.0 Å². The zero-order chi connectivity index (χ0) is 21.5. The third-order valence-corrected chi connectivity index (χ3v) is 5.14. The molecule has 1 atom stereocenters. The molecule has 3 heterocycles. The summed E-state index contributed by atoms with van der Waals surface area (Å²) < 4.78 is 13.0. The number of ether oxygens (including phenoxy) is 2. The lowest BCUT2D eigenvalue weighted by Crippen LogP contribution is -2.42. The van der Waals surface area contributed by atoms with Crippen molar-refractivity contribution < 1.29 is 14.3 Å². The van der Waals surface area contributed by atoms with Crippen molar-refractivity contribution in [2.75, 3.05) is 26.3 Å². The maximum absolute atomic E-state index is 12.6. The zero-order valence-corrected chi connectivity index (χ0v) is 17.6. The van der Waals surface area contributed by atoms with Gasteiger partial charge in [0.15, 0.2) is 0 Å². The Labute approximate surface area is 181 Å². The molecule has 1 fully saturated rings. The van der Waals surface area contributed by atoms with Crippen molar-refractivity contribution in [3.8, 4) is 5.75 Å². The van der Waals surface area contributed by atoms with Gasteiger partial charge >= 0.3 is 0 Å². The number of benzene rings is 1. The summed E-state index contributed by atoms with van der Waals surface area (Å²) in [5.41, 5.74) is 2.98. The molecule has 0 saturated carbocycles. The van der Waals surface area contributed by atoms with Gasteiger partial charge in [-0.25, -0.2) is 4.68 Å². The minimum Gasteiger partial charge on any atom is -0.494 e. The van der Waals surface area contributed by atoms with Crippen molar-refractivity contribution >= 4 is 5.91 Å². The van der Waals surface area contributed by atoms with Crippen LogP contribution >= 0.6 is 0 Å². The molecule has 0 radical (unpaired) electrons. The Bertz CT molecular complexity index is 977. The highest BCUT2D eigenvalue weighted by atomic mass is 16.5. The molecule has 0 unspecified atom stereocenters.